The van der Waals surface area contributed by atoms with Gasteiger partial charge in [0.1, 0.15) is 5.78 Å². The van der Waals surface area contributed by atoms with Crippen molar-refractivity contribution in [2.24, 2.45) is 5.73 Å². The first-order valence-corrected chi connectivity index (χ1v) is 6.54. The molecule has 0 aliphatic carbocycles. The van der Waals surface area contributed by atoms with E-state index in [0.29, 0.717) is 13.0 Å². The minimum atomic E-state index is -0.336. The number of hydrogen-bond acceptors (Lipinski definition) is 3. The van der Waals surface area contributed by atoms with Crippen LogP contribution < -0.4 is 11.1 Å². The molecule has 0 radical (unpaired) electrons. The van der Waals surface area contributed by atoms with Gasteiger partial charge in [-0.25, -0.2) is 0 Å². The molecule has 0 aliphatic rings. The summed E-state index contributed by atoms with van der Waals surface area (Å²) in [4.78, 5) is 21.2. The number of rotatable bonds is 6. The molecular formula is C13H30N2O2. The van der Waals surface area contributed by atoms with Crippen LogP contribution in [-0.4, -0.2) is 24.3 Å². The monoisotopic (exact) mass is 246 g/mol. The molecule has 4 nitrogen and oxygen atoms in total. The van der Waals surface area contributed by atoms with Gasteiger partial charge in [0.15, 0.2) is 0 Å². The Hall–Kier alpha value is -0.900. The second-order valence-corrected chi connectivity index (χ2v) is 3.20. The van der Waals surface area contributed by atoms with Gasteiger partial charge in [-0.2, -0.15) is 0 Å². The molecule has 104 valence electrons. The maximum Gasteiger partial charge on any atom is 0.216 e. The van der Waals surface area contributed by atoms with Gasteiger partial charge in [-0.3, -0.25) is 9.59 Å². The third-order valence-electron chi connectivity index (χ3n) is 1.84. The van der Waals surface area contributed by atoms with E-state index in [2.05, 4.69) is 5.32 Å². The van der Waals surface area contributed by atoms with Gasteiger partial charge in [-0.15, -0.1) is 0 Å². The van der Waals surface area contributed by atoms with Crippen molar-refractivity contribution < 1.29 is 9.59 Å². The van der Waals surface area contributed by atoms with Crippen LogP contribution in [0.1, 0.15) is 60.8 Å². The molecule has 4 heteroatoms. The Morgan fingerprint density at radius 2 is 1.53 bits per heavy atom. The van der Waals surface area contributed by atoms with Crippen molar-refractivity contribution in [2.45, 2.75) is 66.8 Å². The zero-order chi connectivity index (χ0) is 14.3. The predicted molar refractivity (Wildman–Crippen MR) is 73.9 cm³/mol. The van der Waals surface area contributed by atoms with Gasteiger partial charge in [0.2, 0.25) is 5.91 Å². The molecule has 0 aromatic rings. The summed E-state index contributed by atoms with van der Waals surface area (Å²) in [5.41, 5.74) is 5.52. The Bertz CT molecular complexity index is 182. The van der Waals surface area contributed by atoms with E-state index in [4.69, 9.17) is 5.73 Å². The molecule has 0 saturated carbocycles. The van der Waals surface area contributed by atoms with E-state index < -0.39 is 0 Å². The average Bonchev–Trinajstić information content (AvgIpc) is 2.33. The Kier molecular flexibility index (Phi) is 22.0. The molecule has 0 rings (SSSR count). The van der Waals surface area contributed by atoms with E-state index in [-0.39, 0.29) is 17.7 Å². The van der Waals surface area contributed by atoms with Crippen LogP contribution in [0.4, 0.5) is 0 Å². The molecule has 0 aromatic heterocycles. The van der Waals surface area contributed by atoms with Gasteiger partial charge in [0, 0.05) is 13.5 Å². The van der Waals surface area contributed by atoms with Gasteiger partial charge < -0.3 is 11.1 Å². The molecule has 1 unspecified atom stereocenters. The number of amides is 1. The summed E-state index contributed by atoms with van der Waals surface area (Å²) in [5, 5.41) is 2.68. The summed E-state index contributed by atoms with van der Waals surface area (Å²) in [7, 11) is 0. The lowest BCUT2D eigenvalue weighted by atomic mass is 10.1. The first-order chi connectivity index (χ1) is 8.04. The number of unbranched alkanes of at least 4 members (excludes halogenated alkanes) is 1. The second kappa shape index (κ2) is 17.5. The van der Waals surface area contributed by atoms with Gasteiger partial charge in [0.25, 0.3) is 0 Å². The summed E-state index contributed by atoms with van der Waals surface area (Å²) in [6, 6.07) is -0.336. The smallest absolute Gasteiger partial charge is 0.216 e. The first kappa shape index (κ1) is 21.4. The van der Waals surface area contributed by atoms with Crippen LogP contribution in [0.5, 0.6) is 0 Å². The number of carbonyl (C=O) groups excluding carboxylic acids is 2. The van der Waals surface area contributed by atoms with Crippen molar-refractivity contribution in [3.63, 3.8) is 0 Å². The number of Topliss-reactive ketones (excluding diaryl/α,β-unsaturated/α-hetero) is 1. The van der Waals surface area contributed by atoms with Crippen LogP contribution in [0.25, 0.3) is 0 Å². The normalized spacial score (nSPS) is 10.1. The highest BCUT2D eigenvalue weighted by molar-refractivity contribution is 5.81. The van der Waals surface area contributed by atoms with Crippen molar-refractivity contribution in [2.75, 3.05) is 6.54 Å². The summed E-state index contributed by atoms with van der Waals surface area (Å²) in [6.45, 7) is 11.7. The molecule has 17 heavy (non-hydrogen) atoms. The van der Waals surface area contributed by atoms with E-state index in [1.165, 1.54) is 13.8 Å². The lowest BCUT2D eigenvalue weighted by Crippen LogP contribution is -2.28. The Morgan fingerprint density at radius 3 is 1.88 bits per heavy atom. The average molecular weight is 246 g/mol. The van der Waals surface area contributed by atoms with E-state index in [1.807, 2.05) is 27.7 Å². The summed E-state index contributed by atoms with van der Waals surface area (Å²) in [6.07, 6.45) is 2.45. The van der Waals surface area contributed by atoms with Crippen LogP contribution in [0, 0.1) is 0 Å². The highest BCUT2D eigenvalue weighted by Gasteiger charge is 2.06. The number of ketones is 1. The van der Waals surface area contributed by atoms with Gasteiger partial charge in [-0.1, -0.05) is 27.7 Å². The minimum Gasteiger partial charge on any atom is -0.356 e. The fourth-order valence-electron chi connectivity index (χ4n) is 0.957. The van der Waals surface area contributed by atoms with E-state index in [1.54, 1.807) is 0 Å². The Labute approximate surface area is 106 Å². The largest absolute Gasteiger partial charge is 0.356 e. The van der Waals surface area contributed by atoms with Crippen LogP contribution in [-0.2, 0) is 9.59 Å². The molecule has 0 aliphatic heterocycles. The molecule has 0 saturated heterocycles. The SMILES string of the molecule is CC.CC.CC(=O)NCCCCC(N)C(C)=O. The van der Waals surface area contributed by atoms with Gasteiger partial charge in [-0.05, 0) is 26.2 Å². The second-order valence-electron chi connectivity index (χ2n) is 3.20. The number of nitrogens with two attached hydrogens (primary N) is 1. The molecule has 1 atom stereocenters. The van der Waals surface area contributed by atoms with Gasteiger partial charge in [0.05, 0.1) is 6.04 Å². The topological polar surface area (TPSA) is 72.2 Å². The molecule has 0 aromatic carbocycles. The van der Waals surface area contributed by atoms with Crippen molar-refractivity contribution >= 4 is 11.7 Å². The number of hydrogen-bond donors (Lipinski definition) is 2. The lowest BCUT2D eigenvalue weighted by Gasteiger charge is -2.06. The zero-order valence-electron chi connectivity index (χ0n) is 12.3. The molecule has 0 spiro atoms. The minimum absolute atomic E-state index is 0.0177. The molecule has 1 amide bonds. The van der Waals surface area contributed by atoms with Crippen molar-refractivity contribution in [3.8, 4) is 0 Å². The van der Waals surface area contributed by atoms with Crippen LogP contribution in [0.2, 0.25) is 0 Å². The third-order valence-corrected chi connectivity index (χ3v) is 1.84. The number of nitrogens with one attached hydrogen (secondary N) is 1. The summed E-state index contributed by atoms with van der Waals surface area (Å²) < 4.78 is 0. The maximum atomic E-state index is 10.7. The van der Waals surface area contributed by atoms with E-state index in [9.17, 15) is 9.59 Å². The first-order valence-electron chi connectivity index (χ1n) is 6.54. The fourth-order valence-corrected chi connectivity index (χ4v) is 0.957. The molecule has 3 N–H and O–H groups in total. The fraction of sp³-hybridized carbons (Fsp3) is 0.846. The predicted octanol–water partition coefficient (Wildman–Crippen LogP) is 2.26. The number of carbonyl (C=O) groups is 2. The van der Waals surface area contributed by atoms with Crippen LogP contribution in [0.15, 0.2) is 0 Å². The van der Waals surface area contributed by atoms with Gasteiger partial charge >= 0.3 is 0 Å². The standard InChI is InChI=1S/C9H18N2O2.2C2H6/c1-7(12)9(10)5-3-4-6-11-8(2)13;2*1-2/h9H,3-6,10H2,1-2H3,(H,11,13);2*1-2H3. The van der Waals surface area contributed by atoms with E-state index >= 15 is 0 Å². The Balaban J connectivity index is -0.000000439. The maximum absolute atomic E-state index is 10.7. The van der Waals surface area contributed by atoms with E-state index in [0.717, 1.165) is 12.8 Å². The van der Waals surface area contributed by atoms with Crippen molar-refractivity contribution in [1.29, 1.82) is 0 Å². The zero-order valence-corrected chi connectivity index (χ0v) is 12.3. The quantitative estimate of drug-likeness (QED) is 0.706. The molecule has 0 bridgehead atoms. The van der Waals surface area contributed by atoms with Crippen LogP contribution >= 0.6 is 0 Å². The van der Waals surface area contributed by atoms with Crippen molar-refractivity contribution in [1.82, 2.24) is 5.32 Å². The highest BCUT2D eigenvalue weighted by Crippen LogP contribution is 1.98. The summed E-state index contributed by atoms with van der Waals surface area (Å²) >= 11 is 0. The molecule has 0 heterocycles. The van der Waals surface area contributed by atoms with Crippen molar-refractivity contribution in [3.05, 3.63) is 0 Å². The molecule has 0 fully saturated rings. The highest BCUT2D eigenvalue weighted by atomic mass is 16.1. The summed E-state index contributed by atoms with van der Waals surface area (Å²) in [5.74, 6) is 0.00962. The van der Waals surface area contributed by atoms with Crippen LogP contribution in [0.3, 0.4) is 0 Å². The third kappa shape index (κ3) is 21.0. The molecular weight excluding hydrogens is 216 g/mol. The Morgan fingerprint density at radius 1 is 1.06 bits per heavy atom. The lowest BCUT2D eigenvalue weighted by molar-refractivity contribution is -0.119.